The van der Waals surface area contributed by atoms with Crippen molar-refractivity contribution in [3.05, 3.63) is 35.9 Å². The number of benzene rings is 1. The van der Waals surface area contributed by atoms with E-state index in [-0.39, 0.29) is 11.8 Å². The lowest BCUT2D eigenvalue weighted by atomic mass is 10.1. The molecule has 19 heavy (non-hydrogen) atoms. The van der Waals surface area contributed by atoms with Crippen molar-refractivity contribution in [2.24, 2.45) is 11.8 Å². The van der Waals surface area contributed by atoms with Crippen LogP contribution in [0.1, 0.15) is 18.9 Å². The van der Waals surface area contributed by atoms with Gasteiger partial charge in [0.05, 0.1) is 0 Å². The summed E-state index contributed by atoms with van der Waals surface area (Å²) in [6, 6.07) is 10.8. The molecule has 3 atom stereocenters. The van der Waals surface area contributed by atoms with Crippen LogP contribution in [0.3, 0.4) is 0 Å². The monoisotopic (exact) mass is 260 g/mol. The molecule has 1 fully saturated rings. The summed E-state index contributed by atoms with van der Waals surface area (Å²) < 4.78 is 0. The minimum atomic E-state index is 0.229. The summed E-state index contributed by atoms with van der Waals surface area (Å²) in [6.07, 6.45) is 2.02. The lowest BCUT2D eigenvalue weighted by molar-refractivity contribution is -0.122. The molecule has 1 aliphatic rings. The molecular weight excluding hydrogens is 236 g/mol. The molecule has 0 radical (unpaired) electrons. The Kier molecular flexibility index (Phi) is 4.59. The number of hydrogen-bond acceptors (Lipinski definition) is 2. The Morgan fingerprint density at radius 3 is 2.53 bits per heavy atom. The summed E-state index contributed by atoms with van der Waals surface area (Å²) in [5.74, 6) is 1.07. The zero-order chi connectivity index (χ0) is 13.8. The molecule has 1 N–H and O–H groups in total. The van der Waals surface area contributed by atoms with Crippen LogP contribution in [0, 0.1) is 11.8 Å². The standard InChI is InChI=1S/C16H24N2O/c1-12-9-15(12)16(19)17-11-14(18(2)3)10-13-7-5-4-6-8-13/h4-8,12,14-15H,9-11H2,1-3H3,(H,17,19)/t12-,14+,15+/m1/s1. The molecule has 0 aliphatic heterocycles. The molecule has 1 aromatic rings. The average Bonchev–Trinajstić information content (AvgIpc) is 3.12. The van der Waals surface area contributed by atoms with Gasteiger partial charge in [-0.2, -0.15) is 0 Å². The number of rotatable bonds is 6. The molecule has 104 valence electrons. The first-order chi connectivity index (χ1) is 9.08. The smallest absolute Gasteiger partial charge is 0.223 e. The van der Waals surface area contributed by atoms with Crippen LogP contribution in [0.25, 0.3) is 0 Å². The van der Waals surface area contributed by atoms with E-state index in [2.05, 4.69) is 55.5 Å². The second-order valence-corrected chi connectivity index (χ2v) is 5.87. The van der Waals surface area contributed by atoms with Gasteiger partial charge in [-0.25, -0.2) is 0 Å². The van der Waals surface area contributed by atoms with Gasteiger partial charge in [0.25, 0.3) is 0 Å². The van der Waals surface area contributed by atoms with Gasteiger partial charge in [0.2, 0.25) is 5.91 Å². The first-order valence-corrected chi connectivity index (χ1v) is 7.06. The Morgan fingerprint density at radius 1 is 1.37 bits per heavy atom. The number of nitrogens with zero attached hydrogens (tertiary/aromatic N) is 1. The van der Waals surface area contributed by atoms with E-state index in [0.29, 0.717) is 12.0 Å². The summed E-state index contributed by atoms with van der Waals surface area (Å²) in [4.78, 5) is 14.0. The molecule has 0 aromatic heterocycles. The van der Waals surface area contributed by atoms with Gasteiger partial charge in [-0.1, -0.05) is 37.3 Å². The van der Waals surface area contributed by atoms with E-state index in [9.17, 15) is 4.79 Å². The lowest BCUT2D eigenvalue weighted by Crippen LogP contribution is -2.42. The minimum absolute atomic E-state index is 0.229. The maximum Gasteiger partial charge on any atom is 0.223 e. The summed E-state index contributed by atoms with van der Waals surface area (Å²) in [7, 11) is 4.14. The number of carbonyl (C=O) groups is 1. The van der Waals surface area contributed by atoms with Crippen LogP contribution in [0.2, 0.25) is 0 Å². The third-order valence-corrected chi connectivity index (χ3v) is 4.00. The van der Waals surface area contributed by atoms with E-state index in [1.807, 2.05) is 6.07 Å². The highest BCUT2D eigenvalue weighted by molar-refractivity contribution is 5.81. The zero-order valence-corrected chi connectivity index (χ0v) is 12.1. The van der Waals surface area contributed by atoms with E-state index in [4.69, 9.17) is 0 Å². The van der Waals surface area contributed by atoms with Gasteiger partial charge in [0.1, 0.15) is 0 Å². The molecule has 1 saturated carbocycles. The Hall–Kier alpha value is -1.35. The van der Waals surface area contributed by atoms with E-state index >= 15 is 0 Å². The van der Waals surface area contributed by atoms with E-state index < -0.39 is 0 Å². The van der Waals surface area contributed by atoms with Crippen molar-refractivity contribution in [3.8, 4) is 0 Å². The van der Waals surface area contributed by atoms with Gasteiger partial charge in [0.15, 0.2) is 0 Å². The minimum Gasteiger partial charge on any atom is -0.354 e. The predicted octanol–water partition coefficient (Wildman–Crippen LogP) is 1.93. The fourth-order valence-corrected chi connectivity index (χ4v) is 2.36. The van der Waals surface area contributed by atoms with Crippen molar-refractivity contribution in [2.45, 2.75) is 25.8 Å². The molecule has 1 aromatic carbocycles. The molecule has 2 rings (SSSR count). The third kappa shape index (κ3) is 4.06. The van der Waals surface area contributed by atoms with Crippen LogP contribution < -0.4 is 5.32 Å². The molecule has 0 spiro atoms. The Morgan fingerprint density at radius 2 is 2.00 bits per heavy atom. The van der Waals surface area contributed by atoms with Gasteiger partial charge in [-0.05, 0) is 38.4 Å². The molecular formula is C16H24N2O. The SMILES string of the molecule is C[C@@H]1C[C@@H]1C(=O)NC[C@H](Cc1ccccc1)N(C)C. The van der Waals surface area contributed by atoms with Crippen LogP contribution in [0.4, 0.5) is 0 Å². The fourth-order valence-electron chi connectivity index (χ4n) is 2.36. The highest BCUT2D eigenvalue weighted by atomic mass is 16.2. The molecule has 0 saturated heterocycles. The number of amides is 1. The summed E-state index contributed by atoms with van der Waals surface area (Å²) >= 11 is 0. The summed E-state index contributed by atoms with van der Waals surface area (Å²) in [6.45, 7) is 2.86. The Bertz CT molecular complexity index is 416. The first-order valence-electron chi connectivity index (χ1n) is 7.06. The largest absolute Gasteiger partial charge is 0.354 e. The second-order valence-electron chi connectivity index (χ2n) is 5.87. The van der Waals surface area contributed by atoms with Crippen LogP contribution in [-0.4, -0.2) is 37.5 Å². The van der Waals surface area contributed by atoms with Gasteiger partial charge in [0, 0.05) is 18.5 Å². The fraction of sp³-hybridized carbons (Fsp3) is 0.562. The number of carbonyl (C=O) groups excluding carboxylic acids is 1. The topological polar surface area (TPSA) is 32.3 Å². The maximum absolute atomic E-state index is 11.9. The molecule has 3 heteroatoms. The normalized spacial score (nSPS) is 23.2. The van der Waals surface area contributed by atoms with Crippen LogP contribution in [0.15, 0.2) is 30.3 Å². The van der Waals surface area contributed by atoms with Gasteiger partial charge in [-0.15, -0.1) is 0 Å². The first kappa shape index (κ1) is 14.1. The average molecular weight is 260 g/mol. The highest BCUT2D eigenvalue weighted by Crippen LogP contribution is 2.37. The van der Waals surface area contributed by atoms with E-state index in [1.165, 1.54) is 5.56 Å². The summed E-state index contributed by atoms with van der Waals surface area (Å²) in [5, 5.41) is 3.10. The molecule has 0 bridgehead atoms. The van der Waals surface area contributed by atoms with Gasteiger partial charge < -0.3 is 10.2 Å². The van der Waals surface area contributed by atoms with E-state index in [0.717, 1.165) is 19.4 Å². The Labute approximate surface area is 116 Å². The quantitative estimate of drug-likeness (QED) is 0.847. The molecule has 1 aliphatic carbocycles. The second kappa shape index (κ2) is 6.20. The van der Waals surface area contributed by atoms with Gasteiger partial charge in [-0.3, -0.25) is 4.79 Å². The number of hydrogen-bond donors (Lipinski definition) is 1. The van der Waals surface area contributed by atoms with Crippen molar-refractivity contribution in [1.82, 2.24) is 10.2 Å². The van der Waals surface area contributed by atoms with Crippen molar-refractivity contribution < 1.29 is 4.79 Å². The molecule has 0 heterocycles. The van der Waals surface area contributed by atoms with Crippen molar-refractivity contribution in [2.75, 3.05) is 20.6 Å². The van der Waals surface area contributed by atoms with Gasteiger partial charge >= 0.3 is 0 Å². The van der Waals surface area contributed by atoms with Crippen LogP contribution in [0.5, 0.6) is 0 Å². The molecule has 3 nitrogen and oxygen atoms in total. The predicted molar refractivity (Wildman–Crippen MR) is 77.9 cm³/mol. The third-order valence-electron chi connectivity index (χ3n) is 4.00. The van der Waals surface area contributed by atoms with E-state index in [1.54, 1.807) is 0 Å². The van der Waals surface area contributed by atoms with Crippen molar-refractivity contribution in [3.63, 3.8) is 0 Å². The number of likely N-dealkylation sites (N-methyl/N-ethyl adjacent to an activating group) is 1. The van der Waals surface area contributed by atoms with Crippen LogP contribution in [-0.2, 0) is 11.2 Å². The summed E-state index contributed by atoms with van der Waals surface area (Å²) in [5.41, 5.74) is 1.32. The number of nitrogens with one attached hydrogen (secondary N) is 1. The Balaban J connectivity index is 1.84. The zero-order valence-electron chi connectivity index (χ0n) is 12.1. The van der Waals surface area contributed by atoms with Crippen LogP contribution >= 0.6 is 0 Å². The highest BCUT2D eigenvalue weighted by Gasteiger charge is 2.39. The molecule has 0 unspecified atom stereocenters. The van der Waals surface area contributed by atoms with Crippen molar-refractivity contribution in [1.29, 1.82) is 0 Å². The van der Waals surface area contributed by atoms with Crippen molar-refractivity contribution >= 4 is 5.91 Å². The lowest BCUT2D eigenvalue weighted by Gasteiger charge is -2.24. The maximum atomic E-state index is 11.9. The molecule has 1 amide bonds.